The van der Waals surface area contributed by atoms with Crippen molar-refractivity contribution < 1.29 is 23.1 Å². The Kier molecular flexibility index (Phi) is 4.24. The van der Waals surface area contributed by atoms with Crippen LogP contribution in [-0.2, 0) is 10.0 Å². The van der Waals surface area contributed by atoms with Gasteiger partial charge in [-0.1, -0.05) is 6.07 Å². The number of carboxylic acids is 1. The van der Waals surface area contributed by atoms with Gasteiger partial charge in [0.2, 0.25) is 10.0 Å². The Morgan fingerprint density at radius 3 is 2.67 bits per heavy atom. The number of sulfonamides is 1. The van der Waals surface area contributed by atoms with Gasteiger partial charge in [0.1, 0.15) is 11.4 Å². The molecular formula is C12H15N3O5S. The smallest absolute Gasteiger partial charge is 0.354 e. The van der Waals surface area contributed by atoms with Gasteiger partial charge in [0.25, 0.3) is 5.91 Å². The first kappa shape index (κ1) is 15.4. The predicted molar refractivity (Wildman–Crippen MR) is 73.5 cm³/mol. The average Bonchev–Trinajstić information content (AvgIpc) is 2.84. The minimum Gasteiger partial charge on any atom is -0.477 e. The van der Waals surface area contributed by atoms with E-state index in [1.165, 1.54) is 23.1 Å². The molecule has 0 aromatic carbocycles. The lowest BCUT2D eigenvalue weighted by Gasteiger charge is -2.16. The Bertz CT molecular complexity index is 673. The molecule has 0 bridgehead atoms. The van der Waals surface area contributed by atoms with Gasteiger partial charge < -0.3 is 10.0 Å². The van der Waals surface area contributed by atoms with Crippen molar-refractivity contribution in [3.63, 3.8) is 0 Å². The SMILES string of the molecule is CS(=O)(=O)NC1CCN(C(=O)c2cccc(C(=O)O)n2)C1. The molecule has 0 radical (unpaired) electrons. The second kappa shape index (κ2) is 5.78. The molecule has 1 fully saturated rings. The lowest BCUT2D eigenvalue weighted by atomic mass is 10.2. The second-order valence-electron chi connectivity index (χ2n) is 4.84. The highest BCUT2D eigenvalue weighted by atomic mass is 32.2. The van der Waals surface area contributed by atoms with Gasteiger partial charge in [0, 0.05) is 19.1 Å². The van der Waals surface area contributed by atoms with Gasteiger partial charge in [-0.2, -0.15) is 0 Å². The van der Waals surface area contributed by atoms with Crippen LogP contribution in [0.5, 0.6) is 0 Å². The van der Waals surface area contributed by atoms with Crippen LogP contribution in [0.2, 0.25) is 0 Å². The van der Waals surface area contributed by atoms with Crippen LogP contribution in [-0.4, -0.2) is 60.7 Å². The van der Waals surface area contributed by atoms with Crippen molar-refractivity contribution in [3.8, 4) is 0 Å². The molecule has 21 heavy (non-hydrogen) atoms. The summed E-state index contributed by atoms with van der Waals surface area (Å²) in [6, 6.07) is 3.86. The molecule has 0 aliphatic carbocycles. The van der Waals surface area contributed by atoms with Crippen molar-refractivity contribution in [1.29, 1.82) is 0 Å². The number of nitrogens with one attached hydrogen (secondary N) is 1. The van der Waals surface area contributed by atoms with Crippen LogP contribution < -0.4 is 4.72 Å². The first-order chi connectivity index (χ1) is 9.76. The summed E-state index contributed by atoms with van der Waals surface area (Å²) < 4.78 is 24.8. The third kappa shape index (κ3) is 3.99. The molecule has 9 heteroatoms. The first-order valence-corrected chi connectivity index (χ1v) is 8.12. The number of carboxylic acid groups (broad SMARTS) is 1. The molecule has 1 aliphatic rings. The maximum Gasteiger partial charge on any atom is 0.354 e. The Balaban J connectivity index is 2.08. The lowest BCUT2D eigenvalue weighted by Crippen LogP contribution is -2.38. The summed E-state index contributed by atoms with van der Waals surface area (Å²) in [6.45, 7) is 0.635. The van der Waals surface area contributed by atoms with Gasteiger partial charge in [-0.05, 0) is 18.6 Å². The Hall–Kier alpha value is -2.00. The van der Waals surface area contributed by atoms with Crippen LogP contribution in [0, 0.1) is 0 Å². The van der Waals surface area contributed by atoms with Crippen molar-refractivity contribution in [3.05, 3.63) is 29.6 Å². The quantitative estimate of drug-likeness (QED) is 0.777. The number of likely N-dealkylation sites (tertiary alicyclic amines) is 1. The van der Waals surface area contributed by atoms with E-state index in [4.69, 9.17) is 5.11 Å². The summed E-state index contributed by atoms with van der Waals surface area (Å²) in [5.74, 6) is -1.61. The molecule has 2 rings (SSSR count). The minimum atomic E-state index is -3.32. The van der Waals surface area contributed by atoms with Crippen LogP contribution in [0.1, 0.15) is 27.4 Å². The van der Waals surface area contributed by atoms with Crippen molar-refractivity contribution in [2.24, 2.45) is 0 Å². The number of aromatic nitrogens is 1. The predicted octanol–water partition coefficient (Wildman–Crippen LogP) is -0.456. The van der Waals surface area contributed by atoms with Crippen LogP contribution in [0.15, 0.2) is 18.2 Å². The fraction of sp³-hybridized carbons (Fsp3) is 0.417. The molecule has 0 spiro atoms. The van der Waals surface area contributed by atoms with Crippen molar-refractivity contribution in [1.82, 2.24) is 14.6 Å². The third-order valence-corrected chi connectivity index (χ3v) is 3.81. The molecule has 1 atom stereocenters. The second-order valence-corrected chi connectivity index (χ2v) is 6.62. The first-order valence-electron chi connectivity index (χ1n) is 6.23. The largest absolute Gasteiger partial charge is 0.477 e. The van der Waals surface area contributed by atoms with E-state index in [0.717, 1.165) is 6.26 Å². The van der Waals surface area contributed by atoms with Gasteiger partial charge in [-0.15, -0.1) is 0 Å². The number of carbonyl (C=O) groups excluding carboxylic acids is 1. The molecule has 1 unspecified atom stereocenters. The van der Waals surface area contributed by atoms with E-state index < -0.39 is 21.9 Å². The molecule has 1 aromatic heterocycles. The fourth-order valence-electron chi connectivity index (χ4n) is 2.18. The number of nitrogens with zero attached hydrogens (tertiary/aromatic N) is 2. The van der Waals surface area contributed by atoms with Crippen molar-refractivity contribution >= 4 is 21.9 Å². The molecule has 0 saturated carbocycles. The molecular weight excluding hydrogens is 298 g/mol. The molecule has 1 amide bonds. The van der Waals surface area contributed by atoms with E-state index in [1.54, 1.807) is 0 Å². The standard InChI is InChI=1S/C12H15N3O5S/c1-21(19,20)14-8-5-6-15(7-8)11(16)9-3-2-4-10(13-9)12(17)18/h2-4,8,14H,5-7H2,1H3,(H,17,18). The molecule has 114 valence electrons. The van der Waals surface area contributed by atoms with Crippen LogP contribution in [0.25, 0.3) is 0 Å². The summed E-state index contributed by atoms with van der Waals surface area (Å²) in [4.78, 5) is 28.3. The highest BCUT2D eigenvalue weighted by Gasteiger charge is 2.29. The van der Waals surface area contributed by atoms with Crippen LogP contribution in [0.3, 0.4) is 0 Å². The third-order valence-electron chi connectivity index (χ3n) is 3.04. The maximum absolute atomic E-state index is 12.2. The van der Waals surface area contributed by atoms with Gasteiger partial charge in [-0.25, -0.2) is 22.9 Å². The summed E-state index contributed by atoms with van der Waals surface area (Å²) >= 11 is 0. The highest BCUT2D eigenvalue weighted by Crippen LogP contribution is 2.13. The number of pyridine rings is 1. The monoisotopic (exact) mass is 313 g/mol. The van der Waals surface area contributed by atoms with E-state index in [2.05, 4.69) is 9.71 Å². The Labute approximate surface area is 121 Å². The van der Waals surface area contributed by atoms with E-state index in [1.807, 2.05) is 0 Å². The highest BCUT2D eigenvalue weighted by molar-refractivity contribution is 7.88. The lowest BCUT2D eigenvalue weighted by molar-refractivity contribution is 0.0690. The summed E-state index contributed by atoms with van der Waals surface area (Å²) in [7, 11) is -3.32. The fourth-order valence-corrected chi connectivity index (χ4v) is 2.98. The van der Waals surface area contributed by atoms with Crippen molar-refractivity contribution in [2.45, 2.75) is 12.5 Å². The van der Waals surface area contributed by atoms with Crippen LogP contribution in [0.4, 0.5) is 0 Å². The van der Waals surface area contributed by atoms with Gasteiger partial charge in [0.05, 0.1) is 6.26 Å². The van der Waals surface area contributed by atoms with E-state index >= 15 is 0 Å². The molecule has 1 aliphatic heterocycles. The van der Waals surface area contributed by atoms with Crippen molar-refractivity contribution in [2.75, 3.05) is 19.3 Å². The number of amides is 1. The summed E-state index contributed by atoms with van der Waals surface area (Å²) in [5.41, 5.74) is -0.166. The van der Waals surface area contributed by atoms with Gasteiger partial charge >= 0.3 is 5.97 Å². The van der Waals surface area contributed by atoms with E-state index in [-0.39, 0.29) is 24.0 Å². The minimum absolute atomic E-state index is 0.0369. The molecule has 8 nitrogen and oxygen atoms in total. The zero-order valence-electron chi connectivity index (χ0n) is 11.3. The molecule has 1 aromatic rings. The number of carbonyl (C=O) groups is 2. The van der Waals surface area contributed by atoms with Crippen LogP contribution >= 0.6 is 0 Å². The zero-order valence-corrected chi connectivity index (χ0v) is 12.1. The maximum atomic E-state index is 12.2. The summed E-state index contributed by atoms with van der Waals surface area (Å²) in [5, 5.41) is 8.86. The number of aromatic carboxylic acids is 1. The molecule has 1 saturated heterocycles. The van der Waals surface area contributed by atoms with E-state index in [0.29, 0.717) is 13.0 Å². The van der Waals surface area contributed by atoms with Gasteiger partial charge in [-0.3, -0.25) is 4.79 Å². The van der Waals surface area contributed by atoms with E-state index in [9.17, 15) is 18.0 Å². The number of hydrogen-bond acceptors (Lipinski definition) is 5. The zero-order chi connectivity index (χ0) is 15.6. The summed E-state index contributed by atoms with van der Waals surface area (Å²) in [6.07, 6.45) is 1.58. The van der Waals surface area contributed by atoms with Gasteiger partial charge in [0.15, 0.2) is 0 Å². The number of hydrogen-bond donors (Lipinski definition) is 2. The Morgan fingerprint density at radius 2 is 2.05 bits per heavy atom. The molecule has 2 N–H and O–H groups in total. The normalized spacial score (nSPS) is 18.7. The Morgan fingerprint density at radius 1 is 1.38 bits per heavy atom. The topological polar surface area (TPSA) is 117 Å². The average molecular weight is 313 g/mol. The molecule has 2 heterocycles. The number of rotatable bonds is 4.